The van der Waals surface area contributed by atoms with E-state index in [1.165, 1.54) is 70.6 Å². The van der Waals surface area contributed by atoms with E-state index in [2.05, 4.69) is 52.9 Å². The Bertz CT molecular complexity index is 815. The van der Waals surface area contributed by atoms with Crippen LogP contribution >= 0.6 is 0 Å². The molecule has 7 atom stereocenters. The molecule has 4 aliphatic rings. The number of nitrogens with one attached hydrogen (secondary N) is 1. The van der Waals surface area contributed by atoms with Gasteiger partial charge in [-0.15, -0.1) is 0 Å². The van der Waals surface area contributed by atoms with Crippen LogP contribution < -0.4 is 5.32 Å². The average molecular weight is 514 g/mol. The first-order valence-corrected chi connectivity index (χ1v) is 16.1. The summed E-state index contributed by atoms with van der Waals surface area (Å²) in [5.74, 6) is 5.18. The van der Waals surface area contributed by atoms with Gasteiger partial charge < -0.3 is 10.4 Å². The molecule has 2 N–H and O–H groups in total. The summed E-state index contributed by atoms with van der Waals surface area (Å²) in [6, 6.07) is 0. The molecule has 0 spiro atoms. The molecular formula is C34H59NO2. The molecule has 0 saturated heterocycles. The number of rotatable bonds is 11. The molecule has 0 aromatic rings. The zero-order chi connectivity index (χ0) is 26.8. The smallest absolute Gasteiger partial charge is 0.220 e. The molecule has 0 heterocycles. The van der Waals surface area contributed by atoms with Gasteiger partial charge in [0.2, 0.25) is 5.91 Å². The van der Waals surface area contributed by atoms with Crippen molar-refractivity contribution in [2.45, 2.75) is 131 Å². The van der Waals surface area contributed by atoms with Gasteiger partial charge in [0, 0.05) is 19.6 Å². The van der Waals surface area contributed by atoms with Gasteiger partial charge in [0.15, 0.2) is 0 Å². The number of aliphatic hydroxyl groups is 1. The molecule has 1 amide bonds. The Labute approximate surface area is 229 Å². The highest BCUT2D eigenvalue weighted by atomic mass is 16.3. The third-order valence-corrected chi connectivity index (χ3v) is 12.0. The first kappa shape index (κ1) is 29.2. The number of aliphatic hydroxyl groups excluding tert-OH is 1. The molecule has 4 aliphatic carbocycles. The lowest BCUT2D eigenvalue weighted by atomic mass is 9.47. The number of hydrogen-bond acceptors (Lipinski definition) is 2. The third kappa shape index (κ3) is 6.33. The quantitative estimate of drug-likeness (QED) is 0.215. The van der Waals surface area contributed by atoms with E-state index < -0.39 is 0 Å². The van der Waals surface area contributed by atoms with E-state index in [-0.39, 0.29) is 17.9 Å². The van der Waals surface area contributed by atoms with Crippen molar-refractivity contribution >= 4 is 5.91 Å². The van der Waals surface area contributed by atoms with Crippen LogP contribution in [0, 0.1) is 51.8 Å². The van der Waals surface area contributed by atoms with Gasteiger partial charge in [-0.3, -0.25) is 4.79 Å². The highest BCUT2D eigenvalue weighted by Gasteiger charge is 2.58. The van der Waals surface area contributed by atoms with Crippen LogP contribution in [0.4, 0.5) is 0 Å². The second-order valence-corrected chi connectivity index (χ2v) is 15.5. The van der Waals surface area contributed by atoms with E-state index in [0.29, 0.717) is 29.7 Å². The van der Waals surface area contributed by atoms with Gasteiger partial charge in [-0.1, -0.05) is 72.5 Å². The van der Waals surface area contributed by atoms with E-state index in [9.17, 15) is 9.90 Å². The van der Waals surface area contributed by atoms with E-state index in [0.717, 1.165) is 42.4 Å². The standard InChI is InChI=1S/C34H59NO2/c1-24(2)9-7-8-10-26-12-14-29-28-13-11-27-21-25(22-31(37)35-23-32(3,4)19-20-36)15-17-34(27,6)30(28)16-18-33(26,29)5/h11,24-26,28-30,36H,7-10,12-23H2,1-6H3,(H,35,37). The molecule has 37 heavy (non-hydrogen) atoms. The fourth-order valence-electron chi connectivity index (χ4n) is 9.50. The van der Waals surface area contributed by atoms with Gasteiger partial charge in [0.25, 0.3) is 0 Å². The number of fused-ring (bicyclic) bond motifs is 5. The molecule has 0 aliphatic heterocycles. The Kier molecular flexibility index (Phi) is 9.24. The lowest BCUT2D eigenvalue weighted by molar-refractivity contribution is -0.123. The van der Waals surface area contributed by atoms with Crippen molar-refractivity contribution in [1.82, 2.24) is 5.32 Å². The summed E-state index contributed by atoms with van der Waals surface area (Å²) in [6.07, 6.45) is 20.5. The van der Waals surface area contributed by atoms with Gasteiger partial charge >= 0.3 is 0 Å². The second kappa shape index (κ2) is 11.7. The summed E-state index contributed by atoms with van der Waals surface area (Å²) in [7, 11) is 0. The summed E-state index contributed by atoms with van der Waals surface area (Å²) < 4.78 is 0. The highest BCUT2D eigenvalue weighted by Crippen LogP contribution is 2.67. The molecule has 3 nitrogen and oxygen atoms in total. The fourth-order valence-corrected chi connectivity index (χ4v) is 9.50. The second-order valence-electron chi connectivity index (χ2n) is 15.5. The van der Waals surface area contributed by atoms with Crippen molar-refractivity contribution in [3.63, 3.8) is 0 Å². The zero-order valence-corrected chi connectivity index (χ0v) is 25.2. The highest BCUT2D eigenvalue weighted by molar-refractivity contribution is 5.76. The summed E-state index contributed by atoms with van der Waals surface area (Å²) in [6.45, 7) is 15.1. The molecule has 0 aromatic carbocycles. The first-order valence-electron chi connectivity index (χ1n) is 16.1. The Morgan fingerprint density at radius 1 is 1.11 bits per heavy atom. The van der Waals surface area contributed by atoms with Crippen molar-refractivity contribution in [3.05, 3.63) is 11.6 Å². The van der Waals surface area contributed by atoms with E-state index in [4.69, 9.17) is 0 Å². The molecule has 0 aromatic heterocycles. The van der Waals surface area contributed by atoms with Gasteiger partial charge in [0.05, 0.1) is 0 Å². The van der Waals surface area contributed by atoms with Gasteiger partial charge in [-0.2, -0.15) is 0 Å². The topological polar surface area (TPSA) is 49.3 Å². The van der Waals surface area contributed by atoms with Crippen molar-refractivity contribution in [2.75, 3.05) is 13.2 Å². The minimum atomic E-state index is -0.0424. The summed E-state index contributed by atoms with van der Waals surface area (Å²) in [4.78, 5) is 12.8. The molecule has 3 heteroatoms. The summed E-state index contributed by atoms with van der Waals surface area (Å²) in [5, 5.41) is 12.4. The van der Waals surface area contributed by atoms with Crippen LogP contribution in [-0.4, -0.2) is 24.2 Å². The van der Waals surface area contributed by atoms with Crippen LogP contribution in [0.2, 0.25) is 0 Å². The summed E-state index contributed by atoms with van der Waals surface area (Å²) in [5.41, 5.74) is 2.61. The number of unbranched alkanes of at least 4 members (excludes halogenated alkanes) is 1. The minimum absolute atomic E-state index is 0.0424. The minimum Gasteiger partial charge on any atom is -0.396 e. The van der Waals surface area contributed by atoms with Crippen molar-refractivity contribution in [2.24, 2.45) is 51.8 Å². The van der Waals surface area contributed by atoms with E-state index in [1.54, 1.807) is 5.57 Å². The number of amides is 1. The van der Waals surface area contributed by atoms with Crippen LogP contribution in [0.5, 0.6) is 0 Å². The molecule has 4 rings (SSSR count). The first-order chi connectivity index (χ1) is 17.5. The third-order valence-electron chi connectivity index (χ3n) is 12.0. The van der Waals surface area contributed by atoms with E-state index >= 15 is 0 Å². The van der Waals surface area contributed by atoms with Crippen LogP contribution in [0.25, 0.3) is 0 Å². The van der Waals surface area contributed by atoms with Crippen molar-refractivity contribution < 1.29 is 9.90 Å². The zero-order valence-electron chi connectivity index (χ0n) is 25.2. The van der Waals surface area contributed by atoms with Gasteiger partial charge in [0.1, 0.15) is 0 Å². The Morgan fingerprint density at radius 2 is 1.89 bits per heavy atom. The molecule has 0 bridgehead atoms. The molecule has 3 fully saturated rings. The molecule has 7 unspecified atom stereocenters. The average Bonchev–Trinajstić information content (AvgIpc) is 3.17. The number of carbonyl (C=O) groups excluding carboxylic acids is 1. The molecular weight excluding hydrogens is 454 g/mol. The normalized spacial score (nSPS) is 37.5. The monoisotopic (exact) mass is 513 g/mol. The van der Waals surface area contributed by atoms with Crippen LogP contribution in [0.1, 0.15) is 131 Å². The van der Waals surface area contributed by atoms with Gasteiger partial charge in [-0.25, -0.2) is 0 Å². The van der Waals surface area contributed by atoms with E-state index in [1.807, 2.05) is 0 Å². The molecule has 3 saturated carbocycles. The maximum atomic E-state index is 12.8. The molecule has 212 valence electrons. The lowest BCUT2D eigenvalue weighted by Gasteiger charge is -2.58. The van der Waals surface area contributed by atoms with Crippen LogP contribution in [-0.2, 0) is 4.79 Å². The lowest BCUT2D eigenvalue weighted by Crippen LogP contribution is -2.50. The largest absolute Gasteiger partial charge is 0.396 e. The van der Waals surface area contributed by atoms with Gasteiger partial charge in [-0.05, 0) is 116 Å². The predicted molar refractivity (Wildman–Crippen MR) is 155 cm³/mol. The summed E-state index contributed by atoms with van der Waals surface area (Å²) >= 11 is 0. The van der Waals surface area contributed by atoms with Crippen LogP contribution in [0.15, 0.2) is 11.6 Å². The van der Waals surface area contributed by atoms with Crippen LogP contribution in [0.3, 0.4) is 0 Å². The number of carbonyl (C=O) groups is 1. The van der Waals surface area contributed by atoms with Crippen molar-refractivity contribution in [3.8, 4) is 0 Å². The Balaban J connectivity index is 1.34. The molecule has 0 radical (unpaired) electrons. The fraction of sp³-hybridized carbons (Fsp3) is 0.912. The Morgan fingerprint density at radius 3 is 2.62 bits per heavy atom. The Hall–Kier alpha value is -0.830. The SMILES string of the molecule is CC(C)CCCCC1CCC2C3CC=C4CC(CC(=O)NCC(C)(C)CCO)CCC4(C)C3CCC12C. The maximum Gasteiger partial charge on any atom is 0.220 e. The predicted octanol–water partition coefficient (Wildman–Crippen LogP) is 8.31. The van der Waals surface area contributed by atoms with Crippen molar-refractivity contribution in [1.29, 1.82) is 0 Å². The number of hydrogen-bond donors (Lipinski definition) is 2. The number of allylic oxidation sites excluding steroid dienone is 2. The maximum absolute atomic E-state index is 12.8.